The zero-order valence-electron chi connectivity index (χ0n) is 16.2. The minimum absolute atomic E-state index is 0.233. The van der Waals surface area contributed by atoms with Gasteiger partial charge >= 0.3 is 0 Å². The van der Waals surface area contributed by atoms with Crippen LogP contribution in [0.1, 0.15) is 15.3 Å². The van der Waals surface area contributed by atoms with Crippen molar-refractivity contribution in [2.75, 3.05) is 6.54 Å². The fourth-order valence-corrected chi connectivity index (χ4v) is 6.49. The SMILES string of the molecule is Cc1ccsc1CCNS(=O)(=O)c1cc(-c2nc(-c3ccc(Cl)cc3)no2)sc1C. The fourth-order valence-electron chi connectivity index (χ4n) is 2.91. The molecule has 4 aromatic rings. The molecule has 1 N–H and O–H groups in total. The lowest BCUT2D eigenvalue weighted by Crippen LogP contribution is -2.26. The lowest BCUT2D eigenvalue weighted by atomic mass is 10.2. The number of aryl methyl sites for hydroxylation is 2. The van der Waals surface area contributed by atoms with E-state index in [4.69, 9.17) is 16.1 Å². The Morgan fingerprint density at radius 3 is 2.63 bits per heavy atom. The Hall–Kier alpha value is -2.04. The maximum Gasteiger partial charge on any atom is 0.268 e. The first-order valence-corrected chi connectivity index (χ1v) is 12.6. The second-order valence-corrected chi connectivity index (χ2v) is 11.1. The first-order chi connectivity index (χ1) is 14.3. The van der Waals surface area contributed by atoms with Crippen molar-refractivity contribution in [2.24, 2.45) is 0 Å². The molecule has 0 fully saturated rings. The summed E-state index contributed by atoms with van der Waals surface area (Å²) in [6, 6.07) is 10.7. The third-order valence-electron chi connectivity index (χ3n) is 4.51. The molecule has 0 atom stereocenters. The van der Waals surface area contributed by atoms with Gasteiger partial charge in [-0.1, -0.05) is 16.8 Å². The largest absolute Gasteiger partial charge is 0.333 e. The Morgan fingerprint density at radius 2 is 1.93 bits per heavy atom. The van der Waals surface area contributed by atoms with Crippen molar-refractivity contribution in [3.05, 3.63) is 62.1 Å². The maximum atomic E-state index is 12.8. The van der Waals surface area contributed by atoms with Gasteiger partial charge in [0.15, 0.2) is 0 Å². The quantitative estimate of drug-likeness (QED) is 0.388. The van der Waals surface area contributed by atoms with Crippen LogP contribution in [0.2, 0.25) is 5.02 Å². The number of nitrogens with one attached hydrogen (secondary N) is 1. The van der Waals surface area contributed by atoms with E-state index < -0.39 is 10.0 Å². The van der Waals surface area contributed by atoms with Crippen LogP contribution in [0.25, 0.3) is 22.2 Å². The summed E-state index contributed by atoms with van der Waals surface area (Å²) in [5.74, 6) is 0.699. The second-order valence-electron chi connectivity index (χ2n) is 6.64. The van der Waals surface area contributed by atoms with Crippen molar-refractivity contribution in [2.45, 2.75) is 25.2 Å². The first-order valence-electron chi connectivity index (χ1n) is 9.06. The highest BCUT2D eigenvalue weighted by Gasteiger charge is 2.22. The van der Waals surface area contributed by atoms with Crippen LogP contribution in [0, 0.1) is 13.8 Å². The molecule has 0 aliphatic rings. The summed E-state index contributed by atoms with van der Waals surface area (Å²) >= 11 is 8.85. The van der Waals surface area contributed by atoms with E-state index in [-0.39, 0.29) is 10.8 Å². The smallest absolute Gasteiger partial charge is 0.268 e. The first kappa shape index (κ1) is 21.2. The molecular formula is C20H18ClN3O3S3. The van der Waals surface area contributed by atoms with E-state index in [2.05, 4.69) is 14.9 Å². The van der Waals surface area contributed by atoms with Crippen LogP contribution in [0.5, 0.6) is 0 Å². The summed E-state index contributed by atoms with van der Waals surface area (Å²) in [4.78, 5) is 7.08. The molecule has 0 aliphatic carbocycles. The topological polar surface area (TPSA) is 85.1 Å². The number of aromatic nitrogens is 2. The van der Waals surface area contributed by atoms with Gasteiger partial charge in [-0.2, -0.15) is 4.98 Å². The van der Waals surface area contributed by atoms with Crippen LogP contribution in [0.3, 0.4) is 0 Å². The molecule has 156 valence electrons. The Kier molecular flexibility index (Phi) is 6.08. The van der Waals surface area contributed by atoms with E-state index in [1.54, 1.807) is 48.6 Å². The van der Waals surface area contributed by atoms with E-state index in [9.17, 15) is 8.42 Å². The van der Waals surface area contributed by atoms with Crippen molar-refractivity contribution in [1.82, 2.24) is 14.9 Å². The molecule has 10 heteroatoms. The van der Waals surface area contributed by atoms with Crippen molar-refractivity contribution < 1.29 is 12.9 Å². The van der Waals surface area contributed by atoms with Gasteiger partial charge in [0.1, 0.15) is 0 Å². The zero-order valence-corrected chi connectivity index (χ0v) is 19.4. The molecule has 0 amide bonds. The summed E-state index contributed by atoms with van der Waals surface area (Å²) in [6.07, 6.45) is 0.660. The van der Waals surface area contributed by atoms with Crippen molar-refractivity contribution in [3.8, 4) is 22.2 Å². The van der Waals surface area contributed by atoms with Crippen LogP contribution in [0.15, 0.2) is 51.2 Å². The predicted octanol–water partition coefficient (Wildman–Crippen LogP) is 5.32. The zero-order chi connectivity index (χ0) is 21.3. The van der Waals surface area contributed by atoms with Gasteiger partial charge in [0.25, 0.3) is 5.89 Å². The molecule has 4 rings (SSSR count). The minimum atomic E-state index is -3.63. The van der Waals surface area contributed by atoms with Crippen molar-refractivity contribution >= 4 is 44.3 Å². The molecule has 0 saturated heterocycles. The van der Waals surface area contributed by atoms with Crippen LogP contribution < -0.4 is 4.72 Å². The van der Waals surface area contributed by atoms with Crippen molar-refractivity contribution in [3.63, 3.8) is 0 Å². The highest BCUT2D eigenvalue weighted by molar-refractivity contribution is 7.89. The monoisotopic (exact) mass is 479 g/mol. The number of benzene rings is 1. The fraction of sp³-hybridized carbons (Fsp3) is 0.200. The summed E-state index contributed by atoms with van der Waals surface area (Å²) < 4.78 is 33.6. The number of hydrogen-bond donors (Lipinski definition) is 1. The number of hydrogen-bond acceptors (Lipinski definition) is 7. The Balaban J connectivity index is 1.51. The average Bonchev–Trinajstić information content (AvgIpc) is 3.43. The number of rotatable bonds is 7. The Bertz CT molecular complexity index is 1270. The van der Waals surface area contributed by atoms with Gasteiger partial charge in [-0.25, -0.2) is 13.1 Å². The molecule has 0 bridgehead atoms. The molecule has 0 aliphatic heterocycles. The molecule has 1 aromatic carbocycles. The Morgan fingerprint density at radius 1 is 1.17 bits per heavy atom. The van der Waals surface area contributed by atoms with Gasteiger partial charge in [0.05, 0.1) is 9.77 Å². The number of sulfonamides is 1. The van der Waals surface area contributed by atoms with Gasteiger partial charge < -0.3 is 4.52 Å². The normalized spacial score (nSPS) is 11.8. The molecule has 6 nitrogen and oxygen atoms in total. The van der Waals surface area contributed by atoms with E-state index in [0.29, 0.717) is 33.6 Å². The van der Waals surface area contributed by atoms with Gasteiger partial charge in [-0.15, -0.1) is 22.7 Å². The standard InChI is InChI=1S/C20H18ClN3O3S3/c1-12-8-10-28-16(12)7-9-22-30(25,26)18-11-17(29-13(18)2)20-23-19(24-27-20)14-3-5-15(21)6-4-14/h3-6,8,10-11,22H,7,9H2,1-2H3. The van der Waals surface area contributed by atoms with Crippen molar-refractivity contribution in [1.29, 1.82) is 0 Å². The van der Waals surface area contributed by atoms with Crippen LogP contribution in [0.4, 0.5) is 0 Å². The highest BCUT2D eigenvalue weighted by Crippen LogP contribution is 2.33. The summed E-state index contributed by atoms with van der Waals surface area (Å²) in [6.45, 7) is 4.14. The number of thiophene rings is 2. The minimum Gasteiger partial charge on any atom is -0.333 e. The summed E-state index contributed by atoms with van der Waals surface area (Å²) in [7, 11) is -3.63. The van der Waals surface area contributed by atoms with E-state index in [0.717, 1.165) is 5.56 Å². The Labute approximate surface area is 187 Å². The highest BCUT2D eigenvalue weighted by atomic mass is 35.5. The lowest BCUT2D eigenvalue weighted by molar-refractivity contribution is 0.433. The average molecular weight is 480 g/mol. The molecule has 3 heterocycles. The molecule has 0 unspecified atom stereocenters. The number of nitrogens with zero attached hydrogens (tertiary/aromatic N) is 2. The molecule has 0 radical (unpaired) electrons. The molecule has 0 saturated carbocycles. The third-order valence-corrected chi connectivity index (χ3v) is 8.60. The van der Waals surface area contributed by atoms with E-state index in [1.807, 2.05) is 18.4 Å². The molecule has 0 spiro atoms. The van der Waals surface area contributed by atoms with Gasteiger partial charge in [-0.05, 0) is 67.6 Å². The molecule has 3 aromatic heterocycles. The van der Waals surface area contributed by atoms with Gasteiger partial charge in [0.2, 0.25) is 15.8 Å². The van der Waals surface area contributed by atoms with Crippen LogP contribution >= 0.6 is 34.3 Å². The molecular weight excluding hydrogens is 462 g/mol. The second kappa shape index (κ2) is 8.60. The van der Waals surface area contributed by atoms with E-state index >= 15 is 0 Å². The van der Waals surface area contributed by atoms with Gasteiger partial charge in [0, 0.05) is 26.9 Å². The van der Waals surface area contributed by atoms with Crippen LogP contribution in [-0.4, -0.2) is 25.1 Å². The third kappa shape index (κ3) is 4.50. The van der Waals surface area contributed by atoms with Crippen LogP contribution in [-0.2, 0) is 16.4 Å². The van der Waals surface area contributed by atoms with Gasteiger partial charge in [-0.3, -0.25) is 0 Å². The number of halogens is 1. The molecule has 30 heavy (non-hydrogen) atoms. The maximum absolute atomic E-state index is 12.8. The lowest BCUT2D eigenvalue weighted by Gasteiger charge is -2.06. The van der Waals surface area contributed by atoms with E-state index in [1.165, 1.54) is 21.8 Å². The predicted molar refractivity (Wildman–Crippen MR) is 121 cm³/mol. The summed E-state index contributed by atoms with van der Waals surface area (Å²) in [5, 5.41) is 6.62. The summed E-state index contributed by atoms with van der Waals surface area (Å²) in [5.41, 5.74) is 1.95.